The summed E-state index contributed by atoms with van der Waals surface area (Å²) in [5, 5.41) is 0. The van der Waals surface area contributed by atoms with Crippen LogP contribution < -0.4 is 10.5 Å². The summed E-state index contributed by atoms with van der Waals surface area (Å²) in [6.07, 6.45) is 4.04. The Hall–Kier alpha value is -2.74. The number of pyridine rings is 1. The number of hydrogen-bond acceptors (Lipinski definition) is 6. The predicted molar refractivity (Wildman–Crippen MR) is 95.4 cm³/mol. The van der Waals surface area contributed by atoms with Gasteiger partial charge in [-0.3, -0.25) is 19.6 Å². The van der Waals surface area contributed by atoms with Crippen LogP contribution in [0, 0.1) is 0 Å². The van der Waals surface area contributed by atoms with Crippen LogP contribution in [0.3, 0.4) is 0 Å². The molecule has 0 unspecified atom stereocenters. The second-order valence-corrected chi connectivity index (χ2v) is 6.57. The number of aromatic nitrogens is 3. The van der Waals surface area contributed by atoms with E-state index in [4.69, 9.17) is 4.74 Å². The van der Waals surface area contributed by atoms with E-state index in [-0.39, 0.29) is 17.4 Å². The minimum Gasteiger partial charge on any atom is -0.378 e. The summed E-state index contributed by atoms with van der Waals surface area (Å²) in [6, 6.07) is 4.99. The lowest BCUT2D eigenvalue weighted by Crippen LogP contribution is -2.38. The van der Waals surface area contributed by atoms with Crippen molar-refractivity contribution >= 4 is 11.9 Å². The zero-order valence-corrected chi connectivity index (χ0v) is 14.4. The normalized spacial score (nSPS) is 20.4. The molecule has 0 spiro atoms. The molecular formula is C18H21N5O3. The van der Waals surface area contributed by atoms with Gasteiger partial charge in [-0.2, -0.15) is 0 Å². The third kappa shape index (κ3) is 3.45. The molecule has 2 fully saturated rings. The van der Waals surface area contributed by atoms with E-state index < -0.39 is 0 Å². The predicted octanol–water partition coefficient (Wildman–Crippen LogP) is 0.631. The van der Waals surface area contributed by atoms with Gasteiger partial charge in [-0.15, -0.1) is 0 Å². The molecule has 26 heavy (non-hydrogen) atoms. The minimum absolute atomic E-state index is 0.00635. The molecule has 1 N–H and O–H groups in total. The molecule has 8 heteroatoms. The van der Waals surface area contributed by atoms with Gasteiger partial charge in [-0.25, -0.2) is 4.98 Å². The van der Waals surface area contributed by atoms with Crippen LogP contribution in [0.25, 0.3) is 0 Å². The first-order valence-corrected chi connectivity index (χ1v) is 8.84. The Kier molecular flexibility index (Phi) is 4.66. The Morgan fingerprint density at radius 3 is 2.73 bits per heavy atom. The second-order valence-electron chi connectivity index (χ2n) is 6.57. The maximum Gasteiger partial charge on any atom is 0.253 e. The molecule has 2 aliphatic heterocycles. The lowest BCUT2D eigenvalue weighted by Gasteiger charge is -2.27. The van der Waals surface area contributed by atoms with Crippen molar-refractivity contribution in [3.63, 3.8) is 0 Å². The molecule has 2 saturated heterocycles. The molecule has 0 radical (unpaired) electrons. The van der Waals surface area contributed by atoms with Gasteiger partial charge in [0.25, 0.3) is 11.5 Å². The molecule has 2 aromatic rings. The number of likely N-dealkylation sites (tertiary alicyclic amines) is 1. The molecular weight excluding hydrogens is 334 g/mol. The van der Waals surface area contributed by atoms with Gasteiger partial charge in [0, 0.05) is 56.1 Å². The minimum atomic E-state index is -0.157. The van der Waals surface area contributed by atoms with E-state index in [1.807, 2.05) is 9.80 Å². The van der Waals surface area contributed by atoms with Crippen molar-refractivity contribution in [1.29, 1.82) is 0 Å². The largest absolute Gasteiger partial charge is 0.378 e. The van der Waals surface area contributed by atoms with E-state index in [1.165, 1.54) is 0 Å². The van der Waals surface area contributed by atoms with Crippen LogP contribution in [0.5, 0.6) is 0 Å². The second kappa shape index (κ2) is 7.25. The van der Waals surface area contributed by atoms with Gasteiger partial charge in [0.2, 0.25) is 5.95 Å². The Labute approximate surface area is 150 Å². The number of carbonyl (C=O) groups excluding carboxylic acids is 1. The maximum absolute atomic E-state index is 12.6. The topological polar surface area (TPSA) is 91.4 Å². The van der Waals surface area contributed by atoms with Crippen molar-refractivity contribution in [2.75, 3.05) is 44.3 Å². The average molecular weight is 355 g/mol. The summed E-state index contributed by atoms with van der Waals surface area (Å²) in [5.41, 5.74) is 1.23. The number of H-pyrrole nitrogens is 1. The average Bonchev–Trinajstić information content (AvgIpc) is 3.18. The number of ether oxygens (including phenoxy) is 1. The Morgan fingerprint density at radius 1 is 1.19 bits per heavy atom. The lowest BCUT2D eigenvalue weighted by molar-refractivity contribution is 0.0790. The highest BCUT2D eigenvalue weighted by molar-refractivity contribution is 5.94. The third-order valence-corrected chi connectivity index (χ3v) is 4.88. The summed E-state index contributed by atoms with van der Waals surface area (Å²) in [7, 11) is 0. The van der Waals surface area contributed by atoms with Crippen LogP contribution >= 0.6 is 0 Å². The van der Waals surface area contributed by atoms with Gasteiger partial charge in [-0.05, 0) is 18.6 Å². The highest BCUT2D eigenvalue weighted by atomic mass is 16.5. The van der Waals surface area contributed by atoms with Crippen molar-refractivity contribution in [2.24, 2.45) is 0 Å². The first-order chi connectivity index (χ1) is 12.7. The van der Waals surface area contributed by atoms with Gasteiger partial charge in [0.05, 0.1) is 18.9 Å². The monoisotopic (exact) mass is 355 g/mol. The molecule has 8 nitrogen and oxygen atoms in total. The van der Waals surface area contributed by atoms with Crippen LogP contribution in [0.4, 0.5) is 5.95 Å². The summed E-state index contributed by atoms with van der Waals surface area (Å²) in [6.45, 7) is 3.91. The molecule has 4 heterocycles. The van der Waals surface area contributed by atoms with Crippen LogP contribution in [-0.2, 0) is 4.74 Å². The van der Waals surface area contributed by atoms with Crippen molar-refractivity contribution in [1.82, 2.24) is 19.9 Å². The number of carbonyl (C=O) groups is 1. The highest BCUT2D eigenvalue weighted by Crippen LogP contribution is 2.27. The summed E-state index contributed by atoms with van der Waals surface area (Å²) in [5.74, 6) is 0.658. The molecule has 0 aromatic carbocycles. The molecule has 2 aliphatic rings. The number of rotatable bonds is 3. The van der Waals surface area contributed by atoms with Gasteiger partial charge < -0.3 is 14.5 Å². The zero-order chi connectivity index (χ0) is 17.9. The van der Waals surface area contributed by atoms with E-state index in [1.54, 1.807) is 30.6 Å². The summed E-state index contributed by atoms with van der Waals surface area (Å²) >= 11 is 0. The van der Waals surface area contributed by atoms with E-state index >= 15 is 0 Å². The molecule has 4 rings (SSSR count). The molecule has 0 saturated carbocycles. The van der Waals surface area contributed by atoms with Gasteiger partial charge in [-0.1, -0.05) is 0 Å². The summed E-state index contributed by atoms with van der Waals surface area (Å²) < 4.78 is 5.35. The number of aromatic amines is 1. The van der Waals surface area contributed by atoms with Gasteiger partial charge in [0.1, 0.15) is 0 Å². The van der Waals surface area contributed by atoms with Crippen molar-refractivity contribution < 1.29 is 9.53 Å². The number of hydrogen-bond donors (Lipinski definition) is 1. The standard InChI is InChI=1S/C18H21N5O3/c24-16-11-15(20-18(21-16)22-7-9-26-10-8-22)14-3-6-23(12-14)17(25)13-1-4-19-5-2-13/h1-2,4-5,11,14H,3,6-10,12H2,(H,20,21,24)/t14-/m0/s1. The fourth-order valence-electron chi connectivity index (χ4n) is 3.46. The fourth-order valence-corrected chi connectivity index (χ4v) is 3.46. The molecule has 1 amide bonds. The molecule has 2 aromatic heterocycles. The van der Waals surface area contributed by atoms with E-state index in [9.17, 15) is 9.59 Å². The van der Waals surface area contributed by atoms with E-state index in [0.29, 0.717) is 50.9 Å². The number of anilines is 1. The SMILES string of the molecule is O=C(c1ccncc1)N1CC[C@H](c2cc(=O)[nH]c(N3CCOCC3)n2)C1. The zero-order valence-electron chi connectivity index (χ0n) is 14.4. The smallest absolute Gasteiger partial charge is 0.253 e. The van der Waals surface area contributed by atoms with Crippen LogP contribution in [0.2, 0.25) is 0 Å². The first kappa shape index (κ1) is 16.7. The molecule has 1 atom stereocenters. The number of amides is 1. The van der Waals surface area contributed by atoms with Crippen LogP contribution in [0.1, 0.15) is 28.4 Å². The van der Waals surface area contributed by atoms with Gasteiger partial charge in [0.15, 0.2) is 0 Å². The number of morpholine rings is 1. The molecule has 0 aliphatic carbocycles. The number of nitrogens with zero attached hydrogens (tertiary/aromatic N) is 4. The lowest BCUT2D eigenvalue weighted by atomic mass is 10.0. The van der Waals surface area contributed by atoms with Crippen LogP contribution in [-0.4, -0.2) is 65.2 Å². The highest BCUT2D eigenvalue weighted by Gasteiger charge is 2.29. The third-order valence-electron chi connectivity index (χ3n) is 4.88. The van der Waals surface area contributed by atoms with Crippen molar-refractivity contribution in [3.8, 4) is 0 Å². The maximum atomic E-state index is 12.6. The quantitative estimate of drug-likeness (QED) is 0.868. The van der Waals surface area contributed by atoms with Gasteiger partial charge >= 0.3 is 0 Å². The number of nitrogens with one attached hydrogen (secondary N) is 1. The Balaban J connectivity index is 1.51. The van der Waals surface area contributed by atoms with E-state index in [0.717, 1.165) is 12.1 Å². The van der Waals surface area contributed by atoms with Crippen molar-refractivity contribution in [2.45, 2.75) is 12.3 Å². The first-order valence-electron chi connectivity index (χ1n) is 8.84. The van der Waals surface area contributed by atoms with Crippen molar-refractivity contribution in [3.05, 3.63) is 52.2 Å². The molecule has 0 bridgehead atoms. The van der Waals surface area contributed by atoms with E-state index in [2.05, 4.69) is 15.0 Å². The summed E-state index contributed by atoms with van der Waals surface area (Å²) in [4.78, 5) is 40.0. The van der Waals surface area contributed by atoms with Crippen LogP contribution in [0.15, 0.2) is 35.4 Å². The Bertz CT molecular complexity index is 832. The molecule has 136 valence electrons. The Morgan fingerprint density at radius 2 is 1.96 bits per heavy atom. The fraction of sp³-hybridized carbons (Fsp3) is 0.444.